The number of carbonyl (C=O) groups excluding carboxylic acids is 2. The van der Waals surface area contributed by atoms with Crippen LogP contribution in [0.15, 0.2) is 76.4 Å². The van der Waals surface area contributed by atoms with Gasteiger partial charge in [0.2, 0.25) is 10.0 Å². The van der Waals surface area contributed by atoms with Gasteiger partial charge in [0.1, 0.15) is 0 Å². The Hall–Kier alpha value is -3.39. The molecule has 1 aliphatic rings. The molecule has 208 valence electrons. The fraction of sp³-hybridized carbons (Fsp3) is 0.259. The van der Waals surface area contributed by atoms with Crippen LogP contribution in [0.5, 0.6) is 0 Å². The van der Waals surface area contributed by atoms with Crippen molar-refractivity contribution in [1.29, 1.82) is 0 Å². The third-order valence-corrected chi connectivity index (χ3v) is 9.83. The molecular weight excluding hydrogens is 618 g/mol. The monoisotopic (exact) mass is 643 g/mol. The summed E-state index contributed by atoms with van der Waals surface area (Å²) in [6.07, 6.45) is 2.92. The highest BCUT2D eigenvalue weighted by Crippen LogP contribution is 2.32. The smallest absolute Gasteiger partial charge is 0.409 e. The van der Waals surface area contributed by atoms with Crippen molar-refractivity contribution in [2.45, 2.75) is 18.4 Å². The number of thiazole rings is 1. The van der Waals surface area contributed by atoms with E-state index in [9.17, 15) is 18.0 Å². The standard InChI is InChI=1S/C27H26BrN5O5S2/c1-2-38-27(35)31-12-14-32(15-13-31)40(36,37)22-8-5-20(6-9-22)25(34)33(18-19-4-3-11-29-17-19)26-30-23-10-7-21(28)16-24(23)39-26/h3-11,16-17H,2,12-15,18H2,1H3. The number of nitrogens with zero attached hydrogens (tertiary/aromatic N) is 5. The molecule has 0 saturated carbocycles. The predicted octanol–water partition coefficient (Wildman–Crippen LogP) is 4.76. The van der Waals surface area contributed by atoms with Crippen molar-refractivity contribution in [1.82, 2.24) is 19.2 Å². The van der Waals surface area contributed by atoms with Gasteiger partial charge in [-0.2, -0.15) is 4.31 Å². The van der Waals surface area contributed by atoms with E-state index in [-0.39, 0.29) is 50.1 Å². The van der Waals surface area contributed by atoms with E-state index in [1.807, 2.05) is 24.3 Å². The maximum absolute atomic E-state index is 13.8. The number of carbonyl (C=O) groups is 2. The molecule has 0 unspecified atom stereocenters. The lowest BCUT2D eigenvalue weighted by atomic mass is 10.2. The molecule has 1 fully saturated rings. The van der Waals surface area contributed by atoms with E-state index in [0.717, 1.165) is 20.3 Å². The molecule has 1 aliphatic heterocycles. The van der Waals surface area contributed by atoms with E-state index < -0.39 is 16.1 Å². The van der Waals surface area contributed by atoms with E-state index in [1.165, 1.54) is 44.8 Å². The van der Waals surface area contributed by atoms with Gasteiger partial charge in [0.05, 0.1) is 28.3 Å². The summed E-state index contributed by atoms with van der Waals surface area (Å²) in [5.41, 5.74) is 1.93. The van der Waals surface area contributed by atoms with Crippen molar-refractivity contribution in [2.75, 3.05) is 37.7 Å². The highest BCUT2D eigenvalue weighted by Gasteiger charge is 2.31. The van der Waals surface area contributed by atoms with Crippen molar-refractivity contribution in [3.63, 3.8) is 0 Å². The molecular formula is C27H26BrN5O5S2. The first-order valence-electron chi connectivity index (χ1n) is 12.5. The molecule has 10 nitrogen and oxygen atoms in total. The van der Waals surface area contributed by atoms with Gasteiger partial charge >= 0.3 is 6.09 Å². The van der Waals surface area contributed by atoms with Gasteiger partial charge in [-0.25, -0.2) is 18.2 Å². The van der Waals surface area contributed by atoms with Crippen molar-refractivity contribution in [2.24, 2.45) is 0 Å². The normalized spacial score (nSPS) is 14.3. The number of anilines is 1. The second-order valence-corrected chi connectivity index (χ2v) is 12.8. The van der Waals surface area contributed by atoms with Crippen LogP contribution < -0.4 is 4.90 Å². The zero-order chi connectivity index (χ0) is 28.3. The number of amides is 2. The molecule has 0 spiro atoms. The Morgan fingerprint density at radius 3 is 2.50 bits per heavy atom. The molecule has 0 atom stereocenters. The van der Waals surface area contributed by atoms with Crippen LogP contribution in [0.25, 0.3) is 10.2 Å². The number of halogens is 1. The van der Waals surface area contributed by atoms with E-state index >= 15 is 0 Å². The minimum atomic E-state index is -3.80. The zero-order valence-corrected chi connectivity index (χ0v) is 24.8. The van der Waals surface area contributed by atoms with Crippen LogP contribution in [-0.2, 0) is 21.3 Å². The Kier molecular flexibility index (Phi) is 8.45. The SMILES string of the molecule is CCOC(=O)N1CCN(S(=O)(=O)c2ccc(C(=O)N(Cc3cccnc3)c3nc4ccc(Br)cc4s3)cc2)CC1. The maximum atomic E-state index is 13.8. The number of benzene rings is 2. The Morgan fingerprint density at radius 1 is 1.07 bits per heavy atom. The molecule has 0 N–H and O–H groups in total. The van der Waals surface area contributed by atoms with E-state index in [4.69, 9.17) is 4.74 Å². The molecule has 2 aromatic heterocycles. The van der Waals surface area contributed by atoms with Crippen molar-refractivity contribution in [3.05, 3.63) is 82.6 Å². The van der Waals surface area contributed by atoms with E-state index in [0.29, 0.717) is 10.7 Å². The number of piperazine rings is 1. The summed E-state index contributed by atoms with van der Waals surface area (Å²) in [7, 11) is -3.80. The number of ether oxygens (including phenoxy) is 1. The first-order chi connectivity index (χ1) is 19.3. The molecule has 5 rings (SSSR count). The first-order valence-corrected chi connectivity index (χ1v) is 15.6. The van der Waals surface area contributed by atoms with Gasteiger partial charge in [-0.05, 0) is 61.0 Å². The van der Waals surface area contributed by atoms with Gasteiger partial charge in [0.15, 0.2) is 5.13 Å². The number of pyridine rings is 1. The molecule has 1 saturated heterocycles. The first kappa shape index (κ1) is 28.1. The minimum absolute atomic E-state index is 0.0808. The number of aromatic nitrogens is 2. The number of hydrogen-bond donors (Lipinski definition) is 0. The largest absolute Gasteiger partial charge is 0.450 e. The van der Waals surface area contributed by atoms with Gasteiger partial charge in [-0.3, -0.25) is 14.7 Å². The summed E-state index contributed by atoms with van der Waals surface area (Å²) in [5, 5.41) is 0.526. The van der Waals surface area contributed by atoms with Gasteiger partial charge in [-0.15, -0.1) is 0 Å². The third-order valence-electron chi connectivity index (χ3n) is 6.38. The Morgan fingerprint density at radius 2 is 1.82 bits per heavy atom. The summed E-state index contributed by atoms with van der Waals surface area (Å²) in [6.45, 7) is 3.05. The molecule has 2 aromatic carbocycles. The molecule has 4 aromatic rings. The quantitative estimate of drug-likeness (QED) is 0.285. The molecule has 0 aliphatic carbocycles. The second kappa shape index (κ2) is 12.0. The topological polar surface area (TPSA) is 113 Å². The lowest BCUT2D eigenvalue weighted by Gasteiger charge is -2.33. The van der Waals surface area contributed by atoms with Crippen LogP contribution in [0.3, 0.4) is 0 Å². The van der Waals surface area contributed by atoms with Crippen LogP contribution in [0.4, 0.5) is 9.93 Å². The highest BCUT2D eigenvalue weighted by atomic mass is 79.9. The van der Waals surface area contributed by atoms with E-state index in [1.54, 1.807) is 30.3 Å². The number of rotatable bonds is 7. The van der Waals surface area contributed by atoms with Crippen molar-refractivity contribution >= 4 is 64.6 Å². The molecule has 0 radical (unpaired) electrons. The molecule has 13 heteroatoms. The second-order valence-electron chi connectivity index (χ2n) is 8.98. The third kappa shape index (κ3) is 6.02. The summed E-state index contributed by atoms with van der Waals surface area (Å²) in [6, 6.07) is 15.3. The lowest BCUT2D eigenvalue weighted by molar-refractivity contribution is 0.0933. The minimum Gasteiger partial charge on any atom is -0.450 e. The molecule has 40 heavy (non-hydrogen) atoms. The van der Waals surface area contributed by atoms with Gasteiger partial charge in [0.25, 0.3) is 5.91 Å². The van der Waals surface area contributed by atoms with Crippen LogP contribution >= 0.6 is 27.3 Å². The fourth-order valence-electron chi connectivity index (χ4n) is 4.30. The van der Waals surface area contributed by atoms with Gasteiger partial charge < -0.3 is 9.64 Å². The zero-order valence-electron chi connectivity index (χ0n) is 21.6. The van der Waals surface area contributed by atoms with Crippen LogP contribution in [0.1, 0.15) is 22.8 Å². The highest BCUT2D eigenvalue weighted by molar-refractivity contribution is 9.10. The van der Waals surface area contributed by atoms with Gasteiger partial charge in [0, 0.05) is 48.6 Å². The Balaban J connectivity index is 1.37. The molecule has 2 amide bonds. The van der Waals surface area contributed by atoms with Crippen LogP contribution in [0.2, 0.25) is 0 Å². The predicted molar refractivity (Wildman–Crippen MR) is 156 cm³/mol. The number of hydrogen-bond acceptors (Lipinski definition) is 8. The van der Waals surface area contributed by atoms with Crippen LogP contribution in [0, 0.1) is 0 Å². The van der Waals surface area contributed by atoms with E-state index in [2.05, 4.69) is 25.9 Å². The average Bonchev–Trinajstić information content (AvgIpc) is 3.39. The Labute approximate surface area is 244 Å². The Bertz CT molecular complexity index is 1620. The van der Waals surface area contributed by atoms with Crippen molar-refractivity contribution < 1.29 is 22.7 Å². The molecule has 3 heterocycles. The molecule has 0 bridgehead atoms. The number of fused-ring (bicyclic) bond motifs is 1. The lowest BCUT2D eigenvalue weighted by Crippen LogP contribution is -2.50. The average molecular weight is 645 g/mol. The van der Waals surface area contributed by atoms with Crippen LogP contribution in [-0.4, -0.2) is 72.4 Å². The summed E-state index contributed by atoms with van der Waals surface area (Å²) in [4.78, 5) is 37.7. The summed E-state index contributed by atoms with van der Waals surface area (Å²) in [5.74, 6) is -0.311. The van der Waals surface area contributed by atoms with Gasteiger partial charge in [-0.1, -0.05) is 33.3 Å². The maximum Gasteiger partial charge on any atom is 0.409 e. The summed E-state index contributed by atoms with van der Waals surface area (Å²) >= 11 is 4.88. The summed E-state index contributed by atoms with van der Waals surface area (Å²) < 4.78 is 34.7. The fourth-order valence-corrected chi connectivity index (χ4v) is 7.24. The van der Waals surface area contributed by atoms with Crippen molar-refractivity contribution in [3.8, 4) is 0 Å². The number of sulfonamides is 1.